The van der Waals surface area contributed by atoms with Gasteiger partial charge < -0.3 is 16.4 Å². The zero-order chi connectivity index (χ0) is 11.8. The van der Waals surface area contributed by atoms with E-state index in [4.69, 9.17) is 11.5 Å². The van der Waals surface area contributed by atoms with Crippen molar-refractivity contribution >= 4 is 11.8 Å². The van der Waals surface area contributed by atoms with Gasteiger partial charge in [-0.25, -0.2) is 0 Å². The van der Waals surface area contributed by atoms with Gasteiger partial charge in [-0.3, -0.25) is 9.59 Å². The number of likely N-dealkylation sites (N-methyl/N-ethyl adjacent to an activating group) is 1. The van der Waals surface area contributed by atoms with Crippen LogP contribution in [0.4, 0.5) is 0 Å². The minimum atomic E-state index is -0.510. The van der Waals surface area contributed by atoms with E-state index in [2.05, 4.69) is 0 Å². The fourth-order valence-electron chi connectivity index (χ4n) is 1.32. The molecule has 0 saturated heterocycles. The van der Waals surface area contributed by atoms with E-state index in [1.54, 1.807) is 6.92 Å². The van der Waals surface area contributed by atoms with Crippen molar-refractivity contribution in [2.45, 2.75) is 39.2 Å². The van der Waals surface area contributed by atoms with Gasteiger partial charge in [0.25, 0.3) is 0 Å². The second-order valence-electron chi connectivity index (χ2n) is 3.57. The van der Waals surface area contributed by atoms with E-state index in [0.717, 1.165) is 12.8 Å². The fourth-order valence-corrected chi connectivity index (χ4v) is 1.32. The molecule has 0 aliphatic rings. The molecule has 15 heavy (non-hydrogen) atoms. The van der Waals surface area contributed by atoms with E-state index in [1.807, 2.05) is 6.92 Å². The number of nitrogens with two attached hydrogens (primary N) is 2. The monoisotopic (exact) mass is 215 g/mol. The highest BCUT2D eigenvalue weighted by molar-refractivity contribution is 5.86. The van der Waals surface area contributed by atoms with E-state index in [0.29, 0.717) is 13.0 Å². The maximum Gasteiger partial charge on any atom is 0.239 e. The number of carbonyl (C=O) groups is 2. The minimum absolute atomic E-state index is 0.0465. The SMILES string of the molecule is CCCC[C@H](N)C(=O)N(CC)CC(N)=O. The minimum Gasteiger partial charge on any atom is -0.368 e. The van der Waals surface area contributed by atoms with E-state index in [1.165, 1.54) is 4.90 Å². The van der Waals surface area contributed by atoms with Crippen LogP contribution in [0.5, 0.6) is 0 Å². The molecule has 0 aromatic rings. The number of rotatable bonds is 7. The largest absolute Gasteiger partial charge is 0.368 e. The Bertz CT molecular complexity index is 219. The van der Waals surface area contributed by atoms with Crippen LogP contribution in [-0.2, 0) is 9.59 Å². The van der Waals surface area contributed by atoms with E-state index in [9.17, 15) is 9.59 Å². The lowest BCUT2D eigenvalue weighted by atomic mass is 10.1. The van der Waals surface area contributed by atoms with Crippen LogP contribution >= 0.6 is 0 Å². The molecule has 1 atom stereocenters. The molecule has 0 aromatic carbocycles. The number of carbonyl (C=O) groups excluding carboxylic acids is 2. The zero-order valence-electron chi connectivity index (χ0n) is 9.53. The summed E-state index contributed by atoms with van der Waals surface area (Å²) in [6, 6.07) is -0.510. The first-order valence-electron chi connectivity index (χ1n) is 5.35. The zero-order valence-corrected chi connectivity index (χ0v) is 9.53. The first-order chi connectivity index (χ1) is 7.02. The molecule has 5 nitrogen and oxygen atoms in total. The van der Waals surface area contributed by atoms with Crippen LogP contribution in [0.3, 0.4) is 0 Å². The molecule has 0 bridgehead atoms. The van der Waals surface area contributed by atoms with Gasteiger partial charge in [0.1, 0.15) is 0 Å². The molecule has 0 saturated carbocycles. The molecule has 0 unspecified atom stereocenters. The highest BCUT2D eigenvalue weighted by Gasteiger charge is 2.20. The summed E-state index contributed by atoms with van der Waals surface area (Å²) in [5.74, 6) is -0.697. The van der Waals surface area contributed by atoms with Gasteiger partial charge >= 0.3 is 0 Å². The molecule has 0 aliphatic carbocycles. The molecule has 0 aliphatic heterocycles. The third-order valence-electron chi connectivity index (χ3n) is 2.23. The molecule has 0 aromatic heterocycles. The number of nitrogens with zero attached hydrogens (tertiary/aromatic N) is 1. The lowest BCUT2D eigenvalue weighted by Crippen LogP contribution is -2.46. The van der Waals surface area contributed by atoms with Gasteiger partial charge in [-0.05, 0) is 13.3 Å². The van der Waals surface area contributed by atoms with Crippen molar-refractivity contribution in [3.05, 3.63) is 0 Å². The van der Waals surface area contributed by atoms with Crippen molar-refractivity contribution in [2.75, 3.05) is 13.1 Å². The molecule has 0 heterocycles. The highest BCUT2D eigenvalue weighted by Crippen LogP contribution is 2.02. The first kappa shape index (κ1) is 13.9. The second kappa shape index (κ2) is 7.23. The quantitative estimate of drug-likeness (QED) is 0.618. The summed E-state index contributed by atoms with van der Waals surface area (Å²) < 4.78 is 0. The van der Waals surface area contributed by atoms with Crippen molar-refractivity contribution in [1.82, 2.24) is 4.90 Å². The standard InChI is InChI=1S/C10H21N3O2/c1-3-5-6-8(11)10(15)13(4-2)7-9(12)14/h8H,3-7,11H2,1-2H3,(H2,12,14)/t8-/m0/s1. The molecule has 0 rings (SSSR count). The Kier molecular flexibility index (Phi) is 6.70. The van der Waals surface area contributed by atoms with Crippen molar-refractivity contribution in [3.8, 4) is 0 Å². The Labute approximate surface area is 90.8 Å². The molecular weight excluding hydrogens is 194 g/mol. The van der Waals surface area contributed by atoms with Gasteiger partial charge in [-0.2, -0.15) is 0 Å². The Balaban J connectivity index is 4.17. The van der Waals surface area contributed by atoms with Crippen LogP contribution < -0.4 is 11.5 Å². The Morgan fingerprint density at radius 1 is 1.33 bits per heavy atom. The molecule has 88 valence electrons. The predicted octanol–water partition coefficient (Wildman–Crippen LogP) is -0.162. The normalized spacial score (nSPS) is 12.2. The summed E-state index contributed by atoms with van der Waals surface area (Å²) in [6.07, 6.45) is 2.58. The summed E-state index contributed by atoms with van der Waals surface area (Å²) >= 11 is 0. The Morgan fingerprint density at radius 3 is 2.33 bits per heavy atom. The molecule has 5 heteroatoms. The van der Waals surface area contributed by atoms with Gasteiger partial charge in [-0.1, -0.05) is 19.8 Å². The average molecular weight is 215 g/mol. The predicted molar refractivity (Wildman–Crippen MR) is 58.9 cm³/mol. The Morgan fingerprint density at radius 2 is 1.93 bits per heavy atom. The number of amides is 2. The topological polar surface area (TPSA) is 89.4 Å². The van der Waals surface area contributed by atoms with Crippen LogP contribution in [0.2, 0.25) is 0 Å². The number of hydrogen-bond donors (Lipinski definition) is 2. The smallest absolute Gasteiger partial charge is 0.239 e. The highest BCUT2D eigenvalue weighted by atomic mass is 16.2. The average Bonchev–Trinajstić information content (AvgIpc) is 2.21. The van der Waals surface area contributed by atoms with Crippen molar-refractivity contribution in [2.24, 2.45) is 11.5 Å². The molecule has 0 fully saturated rings. The Hall–Kier alpha value is -1.10. The van der Waals surface area contributed by atoms with Crippen LogP contribution in [0, 0.1) is 0 Å². The lowest BCUT2D eigenvalue weighted by molar-refractivity contribution is -0.136. The summed E-state index contributed by atoms with van der Waals surface area (Å²) in [4.78, 5) is 23.8. The number of unbranched alkanes of at least 4 members (excludes halogenated alkanes) is 1. The summed E-state index contributed by atoms with van der Waals surface area (Å²) in [7, 11) is 0. The van der Waals surface area contributed by atoms with Gasteiger partial charge in [0.05, 0.1) is 12.6 Å². The van der Waals surface area contributed by atoms with E-state index in [-0.39, 0.29) is 12.5 Å². The van der Waals surface area contributed by atoms with Crippen molar-refractivity contribution in [1.29, 1.82) is 0 Å². The van der Waals surface area contributed by atoms with E-state index < -0.39 is 11.9 Å². The van der Waals surface area contributed by atoms with Crippen molar-refractivity contribution in [3.63, 3.8) is 0 Å². The molecule has 0 radical (unpaired) electrons. The lowest BCUT2D eigenvalue weighted by Gasteiger charge is -2.22. The summed E-state index contributed by atoms with van der Waals surface area (Å²) in [5, 5.41) is 0. The van der Waals surface area contributed by atoms with Crippen LogP contribution in [0.1, 0.15) is 33.1 Å². The maximum atomic E-state index is 11.7. The van der Waals surface area contributed by atoms with Crippen LogP contribution in [0.15, 0.2) is 0 Å². The van der Waals surface area contributed by atoms with Gasteiger partial charge in [-0.15, -0.1) is 0 Å². The number of primary amides is 1. The fraction of sp³-hybridized carbons (Fsp3) is 0.800. The molecule has 2 amide bonds. The molecular formula is C10H21N3O2. The van der Waals surface area contributed by atoms with Crippen LogP contribution in [0.25, 0.3) is 0 Å². The van der Waals surface area contributed by atoms with Gasteiger partial charge in [0.15, 0.2) is 0 Å². The third-order valence-corrected chi connectivity index (χ3v) is 2.23. The molecule has 4 N–H and O–H groups in total. The van der Waals surface area contributed by atoms with Gasteiger partial charge in [0, 0.05) is 6.54 Å². The first-order valence-corrected chi connectivity index (χ1v) is 5.35. The maximum absolute atomic E-state index is 11.7. The summed E-state index contributed by atoms with van der Waals surface area (Å²) in [6.45, 7) is 4.25. The number of hydrogen-bond acceptors (Lipinski definition) is 3. The van der Waals surface area contributed by atoms with Crippen LogP contribution in [-0.4, -0.2) is 35.8 Å². The molecule has 0 spiro atoms. The third kappa shape index (κ3) is 5.37. The second-order valence-corrected chi connectivity index (χ2v) is 3.57. The van der Waals surface area contributed by atoms with Gasteiger partial charge in [0.2, 0.25) is 11.8 Å². The van der Waals surface area contributed by atoms with Crippen molar-refractivity contribution < 1.29 is 9.59 Å². The van der Waals surface area contributed by atoms with E-state index >= 15 is 0 Å². The summed E-state index contributed by atoms with van der Waals surface area (Å²) in [5.41, 5.74) is 10.7.